The van der Waals surface area contributed by atoms with Crippen molar-refractivity contribution in [2.45, 2.75) is 13.5 Å². The van der Waals surface area contributed by atoms with E-state index < -0.39 is 0 Å². The maximum atomic E-state index is 5.79. The third kappa shape index (κ3) is 2.36. The van der Waals surface area contributed by atoms with Crippen LogP contribution in [0.15, 0.2) is 34.9 Å². The van der Waals surface area contributed by atoms with Crippen LogP contribution in [0.5, 0.6) is 0 Å². The SMILES string of the molecule is Cc1occc1CN(C)c1ccc(N)c(N)c1. The van der Waals surface area contributed by atoms with Crippen molar-refractivity contribution in [2.75, 3.05) is 23.4 Å². The molecule has 0 saturated carbocycles. The average Bonchev–Trinajstić information content (AvgIpc) is 2.68. The van der Waals surface area contributed by atoms with Crippen LogP contribution in [0, 0.1) is 6.92 Å². The average molecular weight is 231 g/mol. The van der Waals surface area contributed by atoms with E-state index in [0.29, 0.717) is 11.4 Å². The molecule has 0 aliphatic rings. The quantitative estimate of drug-likeness (QED) is 0.796. The van der Waals surface area contributed by atoms with Gasteiger partial charge in [-0.3, -0.25) is 0 Å². The van der Waals surface area contributed by atoms with Crippen molar-refractivity contribution in [3.05, 3.63) is 41.9 Å². The molecular weight excluding hydrogens is 214 g/mol. The lowest BCUT2D eigenvalue weighted by molar-refractivity contribution is 0.529. The van der Waals surface area contributed by atoms with E-state index in [1.54, 1.807) is 6.26 Å². The highest BCUT2D eigenvalue weighted by molar-refractivity contribution is 5.69. The second-order valence-corrected chi connectivity index (χ2v) is 4.17. The van der Waals surface area contributed by atoms with Crippen molar-refractivity contribution >= 4 is 17.1 Å². The maximum absolute atomic E-state index is 5.79. The minimum Gasteiger partial charge on any atom is -0.469 e. The van der Waals surface area contributed by atoms with Gasteiger partial charge in [0.15, 0.2) is 0 Å². The van der Waals surface area contributed by atoms with Crippen molar-refractivity contribution < 1.29 is 4.42 Å². The second kappa shape index (κ2) is 4.41. The Balaban J connectivity index is 2.17. The molecule has 4 N–H and O–H groups in total. The van der Waals surface area contributed by atoms with Gasteiger partial charge in [-0.2, -0.15) is 0 Å². The summed E-state index contributed by atoms with van der Waals surface area (Å²) in [6.07, 6.45) is 1.70. The second-order valence-electron chi connectivity index (χ2n) is 4.17. The molecule has 0 saturated heterocycles. The standard InChI is InChI=1S/C13H17N3O/c1-9-10(5-6-17-9)8-16(2)11-3-4-12(14)13(15)7-11/h3-7H,8,14-15H2,1-2H3. The monoisotopic (exact) mass is 231 g/mol. The van der Waals surface area contributed by atoms with Crippen LogP contribution in [0.4, 0.5) is 17.1 Å². The van der Waals surface area contributed by atoms with Gasteiger partial charge in [-0.05, 0) is 31.2 Å². The van der Waals surface area contributed by atoms with Gasteiger partial charge in [0, 0.05) is 24.8 Å². The summed E-state index contributed by atoms with van der Waals surface area (Å²) in [7, 11) is 2.01. The van der Waals surface area contributed by atoms with Gasteiger partial charge in [-0.25, -0.2) is 0 Å². The number of nitrogen functional groups attached to an aromatic ring is 2. The highest BCUT2D eigenvalue weighted by Crippen LogP contribution is 2.24. The lowest BCUT2D eigenvalue weighted by Gasteiger charge is -2.19. The zero-order chi connectivity index (χ0) is 12.4. The lowest BCUT2D eigenvalue weighted by Crippen LogP contribution is -2.16. The van der Waals surface area contributed by atoms with Crippen LogP contribution in [0.1, 0.15) is 11.3 Å². The first-order valence-corrected chi connectivity index (χ1v) is 5.47. The largest absolute Gasteiger partial charge is 0.469 e. The Morgan fingerprint density at radius 1 is 1.18 bits per heavy atom. The third-order valence-electron chi connectivity index (χ3n) is 2.88. The number of nitrogens with two attached hydrogens (primary N) is 2. The van der Waals surface area contributed by atoms with Gasteiger partial charge < -0.3 is 20.8 Å². The summed E-state index contributed by atoms with van der Waals surface area (Å²) in [5.41, 5.74) is 14.9. The number of rotatable bonds is 3. The van der Waals surface area contributed by atoms with E-state index >= 15 is 0 Å². The molecule has 0 spiro atoms. The van der Waals surface area contributed by atoms with Gasteiger partial charge in [0.05, 0.1) is 17.6 Å². The lowest BCUT2D eigenvalue weighted by atomic mass is 10.2. The number of nitrogens with zero attached hydrogens (tertiary/aromatic N) is 1. The fourth-order valence-corrected chi connectivity index (χ4v) is 1.72. The predicted octanol–water partition coefficient (Wildman–Crippen LogP) is 2.39. The Morgan fingerprint density at radius 3 is 2.53 bits per heavy atom. The minimum atomic E-state index is 0.610. The minimum absolute atomic E-state index is 0.610. The van der Waals surface area contributed by atoms with Gasteiger partial charge in [-0.1, -0.05) is 0 Å². The molecule has 0 unspecified atom stereocenters. The first kappa shape index (κ1) is 11.4. The van der Waals surface area contributed by atoms with Crippen molar-refractivity contribution in [3.63, 3.8) is 0 Å². The molecule has 0 aliphatic carbocycles. The van der Waals surface area contributed by atoms with Crippen LogP contribution < -0.4 is 16.4 Å². The topological polar surface area (TPSA) is 68.4 Å². The molecule has 4 nitrogen and oxygen atoms in total. The zero-order valence-corrected chi connectivity index (χ0v) is 10.1. The Kier molecular flexibility index (Phi) is 2.95. The van der Waals surface area contributed by atoms with Crippen LogP contribution >= 0.6 is 0 Å². The molecule has 1 aromatic carbocycles. The highest BCUT2D eigenvalue weighted by Gasteiger charge is 2.07. The Labute approximate surface area is 101 Å². The molecule has 0 atom stereocenters. The van der Waals surface area contributed by atoms with Gasteiger partial charge >= 0.3 is 0 Å². The molecule has 1 heterocycles. The zero-order valence-electron chi connectivity index (χ0n) is 10.1. The van der Waals surface area contributed by atoms with Crippen LogP contribution in [-0.4, -0.2) is 7.05 Å². The van der Waals surface area contributed by atoms with Crippen LogP contribution in [0.25, 0.3) is 0 Å². The number of furan rings is 1. The molecule has 4 heteroatoms. The fraction of sp³-hybridized carbons (Fsp3) is 0.231. The first-order chi connectivity index (χ1) is 8.08. The van der Waals surface area contributed by atoms with Gasteiger partial charge in [0.1, 0.15) is 5.76 Å². The normalized spacial score (nSPS) is 10.5. The molecule has 17 heavy (non-hydrogen) atoms. The van der Waals surface area contributed by atoms with Crippen molar-refractivity contribution in [2.24, 2.45) is 0 Å². The first-order valence-electron chi connectivity index (χ1n) is 5.47. The third-order valence-corrected chi connectivity index (χ3v) is 2.88. The molecule has 0 fully saturated rings. The predicted molar refractivity (Wildman–Crippen MR) is 70.8 cm³/mol. The number of benzene rings is 1. The van der Waals surface area contributed by atoms with Gasteiger partial charge in [0.25, 0.3) is 0 Å². The molecule has 0 amide bonds. The summed E-state index contributed by atoms with van der Waals surface area (Å²) in [5, 5.41) is 0. The van der Waals surface area contributed by atoms with Gasteiger partial charge in [-0.15, -0.1) is 0 Å². The summed E-state index contributed by atoms with van der Waals surface area (Å²) in [6.45, 7) is 2.74. The molecule has 2 rings (SSSR count). The smallest absolute Gasteiger partial charge is 0.105 e. The van der Waals surface area contributed by atoms with E-state index in [1.165, 1.54) is 5.56 Å². The molecule has 0 bridgehead atoms. The van der Waals surface area contributed by atoms with E-state index in [-0.39, 0.29) is 0 Å². The van der Waals surface area contributed by atoms with Crippen LogP contribution in [0.3, 0.4) is 0 Å². The number of aryl methyl sites for hydroxylation is 1. The Bertz CT molecular complexity index is 519. The van der Waals surface area contributed by atoms with Gasteiger partial charge in [0.2, 0.25) is 0 Å². The molecule has 0 aliphatic heterocycles. The van der Waals surface area contributed by atoms with E-state index in [9.17, 15) is 0 Å². The van der Waals surface area contributed by atoms with Crippen LogP contribution in [0.2, 0.25) is 0 Å². The Hall–Kier alpha value is -2.10. The summed E-state index contributed by atoms with van der Waals surface area (Å²) in [6, 6.07) is 7.64. The fourth-order valence-electron chi connectivity index (χ4n) is 1.72. The van der Waals surface area contributed by atoms with Crippen LogP contribution in [-0.2, 0) is 6.54 Å². The molecule has 1 aromatic heterocycles. The molecular formula is C13H17N3O. The maximum Gasteiger partial charge on any atom is 0.105 e. The van der Waals surface area contributed by atoms with Crippen molar-refractivity contribution in [1.29, 1.82) is 0 Å². The van der Waals surface area contributed by atoms with Crippen molar-refractivity contribution in [1.82, 2.24) is 0 Å². The summed E-state index contributed by atoms with van der Waals surface area (Å²) in [5.74, 6) is 0.945. The molecule has 90 valence electrons. The number of anilines is 3. The molecule has 2 aromatic rings. The van der Waals surface area contributed by atoms with E-state index in [2.05, 4.69) is 4.90 Å². The molecule has 0 radical (unpaired) electrons. The number of hydrogen-bond acceptors (Lipinski definition) is 4. The van der Waals surface area contributed by atoms with E-state index in [0.717, 1.165) is 18.0 Å². The summed E-state index contributed by atoms with van der Waals surface area (Å²) < 4.78 is 5.27. The highest BCUT2D eigenvalue weighted by atomic mass is 16.3. The summed E-state index contributed by atoms with van der Waals surface area (Å²) in [4.78, 5) is 2.10. The summed E-state index contributed by atoms with van der Waals surface area (Å²) >= 11 is 0. The van der Waals surface area contributed by atoms with Crippen molar-refractivity contribution in [3.8, 4) is 0 Å². The Morgan fingerprint density at radius 2 is 1.94 bits per heavy atom. The number of hydrogen-bond donors (Lipinski definition) is 2. The van der Waals surface area contributed by atoms with E-state index in [1.807, 2.05) is 38.2 Å². The van der Waals surface area contributed by atoms with E-state index in [4.69, 9.17) is 15.9 Å².